The lowest BCUT2D eigenvalue weighted by Gasteiger charge is -2.08. The molecule has 0 unspecified atom stereocenters. The maximum Gasteiger partial charge on any atom is 0.270 e. The van der Waals surface area contributed by atoms with Crippen LogP contribution in [0.2, 0.25) is 0 Å². The second kappa shape index (κ2) is 5.68. The van der Waals surface area contributed by atoms with Gasteiger partial charge in [0.05, 0.1) is 0 Å². The van der Waals surface area contributed by atoms with Crippen LogP contribution in [0.1, 0.15) is 27.0 Å². The summed E-state index contributed by atoms with van der Waals surface area (Å²) >= 11 is 0. The highest BCUT2D eigenvalue weighted by molar-refractivity contribution is 6.04. The fraction of sp³-hybridized carbons (Fsp3) is 0.167. The summed E-state index contributed by atoms with van der Waals surface area (Å²) in [6, 6.07) is 9.37. The van der Waals surface area contributed by atoms with E-state index in [0.29, 0.717) is 11.3 Å². The van der Waals surface area contributed by atoms with E-state index < -0.39 is 5.91 Å². The Labute approximate surface area is 133 Å². The Morgan fingerprint density at radius 3 is 2.43 bits per heavy atom. The van der Waals surface area contributed by atoms with Gasteiger partial charge in [-0.1, -0.05) is 12.1 Å². The molecule has 0 radical (unpaired) electrons. The van der Waals surface area contributed by atoms with Gasteiger partial charge in [-0.3, -0.25) is 14.0 Å². The lowest BCUT2D eigenvalue weighted by atomic mass is 10.1. The molecule has 5 heteroatoms. The Morgan fingerprint density at radius 1 is 1.04 bits per heavy atom. The number of pyridine rings is 1. The summed E-state index contributed by atoms with van der Waals surface area (Å²) in [4.78, 5) is 29.1. The molecule has 5 nitrogen and oxygen atoms in total. The molecule has 0 spiro atoms. The van der Waals surface area contributed by atoms with Crippen molar-refractivity contribution >= 4 is 17.2 Å². The molecular weight excluding hydrogens is 290 g/mol. The van der Waals surface area contributed by atoms with Crippen molar-refractivity contribution in [3.8, 4) is 0 Å². The molecule has 0 saturated heterocycles. The number of rotatable bonds is 2. The van der Waals surface area contributed by atoms with Crippen LogP contribution in [0.15, 0.2) is 47.5 Å². The lowest BCUT2D eigenvalue weighted by Crippen LogP contribution is -2.26. The number of aromatic nitrogens is 2. The molecule has 3 aromatic rings. The van der Waals surface area contributed by atoms with Crippen LogP contribution in [-0.2, 0) is 0 Å². The molecule has 1 amide bonds. The predicted molar refractivity (Wildman–Crippen MR) is 90.1 cm³/mol. The highest BCUT2D eigenvalue weighted by atomic mass is 16.2. The van der Waals surface area contributed by atoms with Crippen LogP contribution in [0.25, 0.3) is 5.65 Å². The van der Waals surface area contributed by atoms with Gasteiger partial charge < -0.3 is 5.32 Å². The summed E-state index contributed by atoms with van der Waals surface area (Å²) in [5.74, 6) is -0.455. The largest absolute Gasteiger partial charge is 0.322 e. The van der Waals surface area contributed by atoms with E-state index >= 15 is 0 Å². The first-order valence-electron chi connectivity index (χ1n) is 7.32. The summed E-state index contributed by atoms with van der Waals surface area (Å²) in [7, 11) is 0. The fourth-order valence-corrected chi connectivity index (χ4v) is 2.58. The molecule has 1 aromatic carbocycles. The van der Waals surface area contributed by atoms with Crippen LogP contribution in [0.4, 0.5) is 5.69 Å². The summed E-state index contributed by atoms with van der Waals surface area (Å²) < 4.78 is 1.39. The van der Waals surface area contributed by atoms with Crippen molar-refractivity contribution in [1.82, 2.24) is 9.38 Å². The van der Waals surface area contributed by atoms with E-state index in [1.165, 1.54) is 10.6 Å². The average molecular weight is 307 g/mol. The predicted octanol–water partition coefficient (Wildman–Crippen LogP) is 2.87. The molecule has 0 fully saturated rings. The number of amides is 1. The summed E-state index contributed by atoms with van der Waals surface area (Å²) in [6.07, 6.45) is 3.00. The van der Waals surface area contributed by atoms with Crippen LogP contribution in [0.3, 0.4) is 0 Å². The molecule has 0 aliphatic heterocycles. The molecule has 0 atom stereocenters. The second-order valence-corrected chi connectivity index (χ2v) is 5.74. The van der Waals surface area contributed by atoms with E-state index in [0.717, 1.165) is 16.7 Å². The Bertz CT molecular complexity index is 953. The number of hydrogen-bond donors (Lipinski definition) is 1. The van der Waals surface area contributed by atoms with Gasteiger partial charge in [0.2, 0.25) is 0 Å². The number of anilines is 1. The minimum absolute atomic E-state index is 0.0206. The molecule has 2 aromatic heterocycles. The monoisotopic (exact) mass is 307 g/mol. The number of hydrogen-bond acceptors (Lipinski definition) is 3. The Kier molecular flexibility index (Phi) is 3.70. The van der Waals surface area contributed by atoms with Gasteiger partial charge in [-0.15, -0.1) is 0 Å². The maximum absolute atomic E-state index is 12.5. The lowest BCUT2D eigenvalue weighted by molar-refractivity contribution is 0.102. The highest BCUT2D eigenvalue weighted by Gasteiger charge is 2.14. The topological polar surface area (TPSA) is 63.5 Å². The van der Waals surface area contributed by atoms with Crippen LogP contribution in [-0.4, -0.2) is 15.3 Å². The normalized spacial score (nSPS) is 10.7. The van der Waals surface area contributed by atoms with Crippen molar-refractivity contribution in [3.05, 3.63) is 75.3 Å². The Balaban J connectivity index is 2.01. The van der Waals surface area contributed by atoms with Gasteiger partial charge in [0.25, 0.3) is 11.5 Å². The van der Waals surface area contributed by atoms with Crippen LogP contribution < -0.4 is 10.9 Å². The molecule has 0 saturated carbocycles. The summed E-state index contributed by atoms with van der Waals surface area (Å²) in [5, 5.41) is 2.77. The molecule has 3 rings (SSSR count). The molecule has 2 heterocycles. The van der Waals surface area contributed by atoms with Crippen LogP contribution >= 0.6 is 0 Å². The van der Waals surface area contributed by atoms with Crippen LogP contribution in [0.5, 0.6) is 0 Å². The second-order valence-electron chi connectivity index (χ2n) is 5.74. The summed E-state index contributed by atoms with van der Waals surface area (Å²) in [5.41, 5.74) is 3.85. The van der Waals surface area contributed by atoms with Crippen molar-refractivity contribution in [2.75, 3.05) is 5.32 Å². The van der Waals surface area contributed by atoms with E-state index in [1.54, 1.807) is 12.3 Å². The number of nitrogens with one attached hydrogen (secondary N) is 1. The number of carbonyl (C=O) groups excluding carboxylic acids is 1. The Morgan fingerprint density at radius 2 is 1.74 bits per heavy atom. The molecule has 23 heavy (non-hydrogen) atoms. The average Bonchev–Trinajstić information content (AvgIpc) is 2.47. The quantitative estimate of drug-likeness (QED) is 0.792. The summed E-state index contributed by atoms with van der Waals surface area (Å²) in [6.45, 7) is 5.80. The Hall–Kier alpha value is -2.95. The highest BCUT2D eigenvalue weighted by Crippen LogP contribution is 2.14. The zero-order valence-corrected chi connectivity index (χ0v) is 13.3. The third-order valence-electron chi connectivity index (χ3n) is 3.57. The van der Waals surface area contributed by atoms with E-state index in [4.69, 9.17) is 0 Å². The van der Waals surface area contributed by atoms with E-state index in [2.05, 4.69) is 10.3 Å². The van der Waals surface area contributed by atoms with Crippen molar-refractivity contribution in [2.24, 2.45) is 0 Å². The van der Waals surface area contributed by atoms with Gasteiger partial charge in [-0.05, 0) is 55.7 Å². The number of fused-ring (bicyclic) bond motifs is 1. The number of nitrogens with zero attached hydrogens (tertiary/aromatic N) is 2. The molecular formula is C18H17N3O2. The van der Waals surface area contributed by atoms with Crippen molar-refractivity contribution in [2.45, 2.75) is 20.8 Å². The third kappa shape index (κ3) is 2.99. The first kappa shape index (κ1) is 15.0. The van der Waals surface area contributed by atoms with Gasteiger partial charge in [-0.2, -0.15) is 0 Å². The van der Waals surface area contributed by atoms with Gasteiger partial charge in [0.1, 0.15) is 11.2 Å². The smallest absolute Gasteiger partial charge is 0.270 e. The van der Waals surface area contributed by atoms with E-state index in [1.807, 2.05) is 45.0 Å². The van der Waals surface area contributed by atoms with Crippen molar-refractivity contribution < 1.29 is 4.79 Å². The molecule has 116 valence electrons. The third-order valence-corrected chi connectivity index (χ3v) is 3.57. The maximum atomic E-state index is 12.5. The number of carbonyl (C=O) groups is 1. The molecule has 0 bridgehead atoms. The van der Waals surface area contributed by atoms with Gasteiger partial charge in [0.15, 0.2) is 0 Å². The zero-order chi connectivity index (χ0) is 16.6. The van der Waals surface area contributed by atoms with E-state index in [-0.39, 0.29) is 11.1 Å². The van der Waals surface area contributed by atoms with E-state index in [9.17, 15) is 9.59 Å². The minimum Gasteiger partial charge on any atom is -0.322 e. The minimum atomic E-state index is -0.455. The van der Waals surface area contributed by atoms with Crippen LogP contribution in [0, 0.1) is 20.8 Å². The SMILES string of the molecule is Cc1cc(C)cc(NC(=O)c2cnc3ccc(C)cn3c2=O)c1. The standard InChI is InChI=1S/C18H17N3O2/c1-11-4-5-16-19-9-15(18(23)21(16)10-11)17(22)20-14-7-12(2)6-13(3)8-14/h4-10H,1-3H3,(H,20,22). The number of benzene rings is 1. The van der Waals surface area contributed by atoms with Crippen molar-refractivity contribution in [3.63, 3.8) is 0 Å². The van der Waals surface area contributed by atoms with Gasteiger partial charge in [0, 0.05) is 18.1 Å². The number of aryl methyl sites for hydroxylation is 3. The fourth-order valence-electron chi connectivity index (χ4n) is 2.58. The molecule has 1 N–H and O–H groups in total. The molecule has 0 aliphatic rings. The first-order valence-corrected chi connectivity index (χ1v) is 7.32. The zero-order valence-electron chi connectivity index (χ0n) is 13.3. The molecule has 0 aliphatic carbocycles. The van der Waals surface area contributed by atoms with Crippen molar-refractivity contribution in [1.29, 1.82) is 0 Å². The van der Waals surface area contributed by atoms with Gasteiger partial charge in [-0.25, -0.2) is 4.98 Å². The first-order chi connectivity index (χ1) is 10.9. The van der Waals surface area contributed by atoms with Gasteiger partial charge >= 0.3 is 0 Å².